The molecule has 1 unspecified atom stereocenters. The molecule has 0 heterocycles. The van der Waals surface area contributed by atoms with Crippen molar-refractivity contribution in [3.05, 3.63) is 70.3 Å². The third kappa shape index (κ3) is 3.34. The highest BCUT2D eigenvalue weighted by atomic mass is 16.1. The van der Waals surface area contributed by atoms with E-state index >= 15 is 0 Å². The van der Waals surface area contributed by atoms with Gasteiger partial charge in [-0.15, -0.1) is 0 Å². The van der Waals surface area contributed by atoms with Gasteiger partial charge in [0.1, 0.15) is 6.54 Å². The third-order valence-corrected chi connectivity index (χ3v) is 5.13. The van der Waals surface area contributed by atoms with Crippen LogP contribution in [0.1, 0.15) is 49.3 Å². The lowest BCUT2D eigenvalue weighted by atomic mass is 9.70. The van der Waals surface area contributed by atoms with Gasteiger partial charge in [-0.25, -0.2) is 0 Å². The van der Waals surface area contributed by atoms with E-state index in [1.807, 2.05) is 37.3 Å². The van der Waals surface area contributed by atoms with Crippen molar-refractivity contribution >= 4 is 23.4 Å². The minimum Gasteiger partial charge on any atom is -0.398 e. The van der Waals surface area contributed by atoms with E-state index in [-0.39, 0.29) is 20.7 Å². The quantitative estimate of drug-likeness (QED) is 0.436. The number of nitrogens with two attached hydrogens (primary N) is 1. The average Bonchev–Trinajstić information content (AvgIpc) is 2.66. The first-order chi connectivity index (χ1) is 12.9. The Labute approximate surface area is 162 Å². The van der Waals surface area contributed by atoms with Crippen molar-refractivity contribution in [2.75, 3.05) is 12.3 Å². The van der Waals surface area contributed by atoms with Gasteiger partial charge in [0, 0.05) is 31.3 Å². The number of benzene rings is 2. The van der Waals surface area contributed by atoms with Gasteiger partial charge in [-0.05, 0) is 53.8 Å². The molecule has 0 saturated carbocycles. The zero-order valence-corrected chi connectivity index (χ0v) is 15.5. The second-order valence-corrected chi connectivity index (χ2v) is 7.09. The van der Waals surface area contributed by atoms with Crippen LogP contribution in [0.4, 0.5) is 5.69 Å². The molecule has 0 spiro atoms. The number of carbonyl (C=O) groups is 1. The second-order valence-electron chi connectivity index (χ2n) is 7.09. The number of hydrogen-bond donors (Lipinski definition) is 3. The molecule has 5 heteroatoms. The summed E-state index contributed by atoms with van der Waals surface area (Å²) in [6.07, 6.45) is 4.33. The maximum Gasteiger partial charge on any atom is 0.252 e. The Bertz CT molecular complexity index is 993. The zero-order valence-electron chi connectivity index (χ0n) is 15.5. The van der Waals surface area contributed by atoms with Gasteiger partial charge in [0.05, 0.1) is 6.07 Å². The molecule has 1 amide bonds. The first-order valence-electron chi connectivity index (χ1n) is 8.77. The molecular weight excluding hydrogens is 336 g/mol. The van der Waals surface area contributed by atoms with Crippen LogP contribution >= 0.6 is 0 Å². The Kier molecular flexibility index (Phi) is 4.83. The van der Waals surface area contributed by atoms with Crippen LogP contribution < -0.4 is 11.1 Å². The summed E-state index contributed by atoms with van der Waals surface area (Å²) in [5.41, 5.74) is 12.2. The number of nitrogens with zero attached hydrogens (tertiary/aromatic N) is 1. The molecule has 0 aliphatic heterocycles. The fourth-order valence-electron chi connectivity index (χ4n) is 3.86. The third-order valence-electron chi connectivity index (χ3n) is 5.13. The number of carbonyl (C=O) groups excluding carboxylic acids is 1. The number of nitrogen functional groups attached to an aromatic ring is 1. The Morgan fingerprint density at radius 1 is 1.37 bits per heavy atom. The highest BCUT2D eigenvalue weighted by molar-refractivity contribution is 5.95. The highest BCUT2D eigenvalue weighted by Crippen LogP contribution is 2.41. The number of anilines is 1. The summed E-state index contributed by atoms with van der Waals surface area (Å²) in [4.78, 5) is 12.0. The number of nitrogens with one attached hydrogen (secondary N) is 2. The average molecular weight is 362 g/mol. The first kappa shape index (κ1) is 18.4. The summed E-state index contributed by atoms with van der Waals surface area (Å²) in [6, 6.07) is 13.3. The Hall–Kier alpha value is -3.39. The summed E-state index contributed by atoms with van der Waals surface area (Å²) in [5, 5.41) is 18.8. The fraction of sp³-hybridized carbons (Fsp3) is 0.227. The Morgan fingerprint density at radius 3 is 2.70 bits per heavy atom. The van der Waals surface area contributed by atoms with Crippen LogP contribution in [0.15, 0.2) is 42.5 Å². The van der Waals surface area contributed by atoms with Gasteiger partial charge in [-0.1, -0.05) is 31.2 Å². The van der Waals surface area contributed by atoms with Crippen molar-refractivity contribution in [3.63, 3.8) is 0 Å². The number of rotatable bonds is 4. The summed E-state index contributed by atoms with van der Waals surface area (Å²) in [5.74, 6) is -0.250. The van der Waals surface area contributed by atoms with Crippen LogP contribution in [0.5, 0.6) is 0 Å². The van der Waals surface area contributed by atoms with Crippen LogP contribution in [0, 0.1) is 16.7 Å². The van der Waals surface area contributed by atoms with Crippen LogP contribution in [0.3, 0.4) is 0 Å². The largest absolute Gasteiger partial charge is 0.398 e. The SMILES string of the molecule is CC1=CC(C)(c2ccc(C(=O)NCC#N)cc2)Cc2ccc(N)c(C=N)c21.[HH].[HH]. The van der Waals surface area contributed by atoms with E-state index in [4.69, 9.17) is 16.4 Å². The molecule has 4 N–H and O–H groups in total. The summed E-state index contributed by atoms with van der Waals surface area (Å²) >= 11 is 0. The molecule has 3 rings (SSSR count). The second kappa shape index (κ2) is 7.08. The van der Waals surface area contributed by atoms with E-state index in [0.717, 1.165) is 28.7 Å². The molecule has 0 bridgehead atoms. The van der Waals surface area contributed by atoms with E-state index in [9.17, 15) is 4.79 Å². The van der Waals surface area contributed by atoms with E-state index in [1.54, 1.807) is 12.1 Å². The van der Waals surface area contributed by atoms with E-state index < -0.39 is 0 Å². The van der Waals surface area contributed by atoms with Crippen molar-refractivity contribution < 1.29 is 7.65 Å². The summed E-state index contributed by atoms with van der Waals surface area (Å²) in [6.45, 7) is 4.21. The molecule has 5 nitrogen and oxygen atoms in total. The van der Waals surface area contributed by atoms with Crippen molar-refractivity contribution in [1.29, 1.82) is 10.7 Å². The molecule has 0 aromatic heterocycles. The minimum absolute atomic E-state index is 0. The van der Waals surface area contributed by atoms with E-state index in [2.05, 4.69) is 18.3 Å². The van der Waals surface area contributed by atoms with Gasteiger partial charge in [0.25, 0.3) is 5.91 Å². The molecule has 1 aliphatic rings. The summed E-state index contributed by atoms with van der Waals surface area (Å²) < 4.78 is 0. The number of fused-ring (bicyclic) bond motifs is 1. The van der Waals surface area contributed by atoms with Crippen molar-refractivity contribution in [3.8, 4) is 6.07 Å². The van der Waals surface area contributed by atoms with Gasteiger partial charge >= 0.3 is 0 Å². The van der Waals surface area contributed by atoms with Crippen molar-refractivity contribution in [1.82, 2.24) is 5.32 Å². The monoisotopic (exact) mass is 362 g/mol. The van der Waals surface area contributed by atoms with Crippen molar-refractivity contribution in [2.45, 2.75) is 25.7 Å². The topological polar surface area (TPSA) is 103 Å². The standard InChI is InChI=1S/C22H22N4O.2H2/c1-14-11-22(2,12-16-5-8-19(25)18(13-24)20(14)16)17-6-3-15(4-7-17)21(27)26-10-9-23;;/h3-8,11,13,24H,10,12,25H2,1-2H3,(H,26,27);2*1H. The molecule has 0 radical (unpaired) electrons. The maximum absolute atomic E-state index is 12.0. The molecule has 1 aliphatic carbocycles. The van der Waals surface area contributed by atoms with E-state index in [0.29, 0.717) is 11.3 Å². The molecule has 1 atom stereocenters. The molecule has 0 fully saturated rings. The fourth-order valence-corrected chi connectivity index (χ4v) is 3.86. The molecule has 0 saturated heterocycles. The molecule has 27 heavy (non-hydrogen) atoms. The Balaban J connectivity index is 0.00000210. The summed E-state index contributed by atoms with van der Waals surface area (Å²) in [7, 11) is 0. The van der Waals surface area contributed by atoms with Gasteiger partial charge in [0.2, 0.25) is 0 Å². The van der Waals surface area contributed by atoms with E-state index in [1.165, 1.54) is 11.8 Å². The van der Waals surface area contributed by atoms with Gasteiger partial charge in [-0.2, -0.15) is 5.26 Å². The zero-order chi connectivity index (χ0) is 19.6. The van der Waals surface area contributed by atoms with Crippen LogP contribution in [-0.2, 0) is 11.8 Å². The minimum atomic E-state index is -0.250. The molecular formula is C22H26N4O. The lowest BCUT2D eigenvalue weighted by Gasteiger charge is -2.34. The van der Waals surface area contributed by atoms with Crippen LogP contribution in [0.25, 0.3) is 5.57 Å². The maximum atomic E-state index is 12.0. The number of hydrogen-bond acceptors (Lipinski definition) is 4. The first-order valence-corrected chi connectivity index (χ1v) is 8.77. The normalized spacial score (nSPS) is 18.0. The molecule has 2 aromatic rings. The van der Waals surface area contributed by atoms with Gasteiger partial charge < -0.3 is 16.5 Å². The Morgan fingerprint density at radius 2 is 2.07 bits per heavy atom. The van der Waals surface area contributed by atoms with Crippen molar-refractivity contribution in [2.24, 2.45) is 0 Å². The predicted octanol–water partition coefficient (Wildman–Crippen LogP) is 3.93. The number of nitriles is 1. The number of allylic oxidation sites excluding steroid dienone is 2. The molecule has 140 valence electrons. The number of amides is 1. The predicted molar refractivity (Wildman–Crippen MR) is 112 cm³/mol. The highest BCUT2D eigenvalue weighted by Gasteiger charge is 2.31. The van der Waals surface area contributed by atoms with Crippen LogP contribution in [-0.4, -0.2) is 18.7 Å². The lowest BCUT2D eigenvalue weighted by Crippen LogP contribution is -2.27. The van der Waals surface area contributed by atoms with Gasteiger partial charge in [-0.3, -0.25) is 4.79 Å². The molecule has 2 aromatic carbocycles. The van der Waals surface area contributed by atoms with Gasteiger partial charge in [0.15, 0.2) is 0 Å². The smallest absolute Gasteiger partial charge is 0.252 e. The lowest BCUT2D eigenvalue weighted by molar-refractivity contribution is 0.0958. The van der Waals surface area contributed by atoms with Crippen LogP contribution in [0.2, 0.25) is 0 Å².